The Morgan fingerprint density at radius 2 is 2.31 bits per heavy atom. The molecule has 0 unspecified atom stereocenters. The SMILES string of the molecule is Nc1cc(F)ccc1NCCc1ncn[nH]1. The lowest BCUT2D eigenvalue weighted by Gasteiger charge is -2.07. The molecule has 1 aromatic heterocycles. The normalized spacial score (nSPS) is 10.3. The summed E-state index contributed by atoms with van der Waals surface area (Å²) in [7, 11) is 0. The number of hydrogen-bond acceptors (Lipinski definition) is 4. The summed E-state index contributed by atoms with van der Waals surface area (Å²) in [5.41, 5.74) is 6.77. The molecule has 6 heteroatoms. The van der Waals surface area contributed by atoms with E-state index in [-0.39, 0.29) is 5.82 Å². The van der Waals surface area contributed by atoms with Gasteiger partial charge in [0.1, 0.15) is 18.0 Å². The van der Waals surface area contributed by atoms with Gasteiger partial charge in [-0.1, -0.05) is 0 Å². The summed E-state index contributed by atoms with van der Waals surface area (Å²) < 4.78 is 12.8. The van der Waals surface area contributed by atoms with Gasteiger partial charge < -0.3 is 11.1 Å². The maximum absolute atomic E-state index is 12.8. The third-order valence-corrected chi connectivity index (χ3v) is 2.16. The Kier molecular flexibility index (Phi) is 3.00. The lowest BCUT2D eigenvalue weighted by atomic mass is 10.2. The van der Waals surface area contributed by atoms with Crippen molar-refractivity contribution in [2.24, 2.45) is 0 Å². The van der Waals surface area contributed by atoms with Crippen molar-refractivity contribution < 1.29 is 4.39 Å². The monoisotopic (exact) mass is 221 g/mol. The Balaban J connectivity index is 1.90. The van der Waals surface area contributed by atoms with Gasteiger partial charge >= 0.3 is 0 Å². The van der Waals surface area contributed by atoms with Crippen LogP contribution in [0.15, 0.2) is 24.5 Å². The quantitative estimate of drug-likeness (QED) is 0.677. The number of H-pyrrole nitrogens is 1. The number of nitrogen functional groups attached to an aromatic ring is 1. The first-order valence-corrected chi connectivity index (χ1v) is 4.89. The molecule has 0 radical (unpaired) electrons. The molecule has 16 heavy (non-hydrogen) atoms. The summed E-state index contributed by atoms with van der Waals surface area (Å²) in [6.07, 6.45) is 2.17. The van der Waals surface area contributed by atoms with Crippen LogP contribution >= 0.6 is 0 Å². The first-order valence-electron chi connectivity index (χ1n) is 4.89. The molecule has 2 aromatic rings. The summed E-state index contributed by atoms with van der Waals surface area (Å²) in [6, 6.07) is 4.27. The fourth-order valence-electron chi connectivity index (χ4n) is 1.36. The van der Waals surface area contributed by atoms with E-state index in [0.29, 0.717) is 18.7 Å². The van der Waals surface area contributed by atoms with Crippen LogP contribution in [-0.4, -0.2) is 21.7 Å². The lowest BCUT2D eigenvalue weighted by molar-refractivity contribution is 0.628. The maximum atomic E-state index is 12.8. The van der Waals surface area contributed by atoms with Gasteiger partial charge in [0.2, 0.25) is 0 Å². The first kappa shape index (κ1) is 10.4. The molecule has 84 valence electrons. The topological polar surface area (TPSA) is 79.6 Å². The van der Waals surface area contributed by atoms with Crippen molar-refractivity contribution in [3.63, 3.8) is 0 Å². The van der Waals surface area contributed by atoms with E-state index in [0.717, 1.165) is 11.5 Å². The average molecular weight is 221 g/mol. The minimum Gasteiger partial charge on any atom is -0.397 e. The smallest absolute Gasteiger partial charge is 0.137 e. The van der Waals surface area contributed by atoms with E-state index in [1.807, 2.05) is 0 Å². The number of benzene rings is 1. The summed E-state index contributed by atoms with van der Waals surface area (Å²) in [5.74, 6) is 0.464. The second-order valence-corrected chi connectivity index (χ2v) is 3.34. The van der Waals surface area contributed by atoms with Gasteiger partial charge in [-0.3, -0.25) is 5.10 Å². The van der Waals surface area contributed by atoms with Crippen LogP contribution < -0.4 is 11.1 Å². The number of nitrogens with zero attached hydrogens (tertiary/aromatic N) is 2. The van der Waals surface area contributed by atoms with Crippen molar-refractivity contribution in [3.8, 4) is 0 Å². The van der Waals surface area contributed by atoms with Crippen molar-refractivity contribution in [3.05, 3.63) is 36.2 Å². The zero-order chi connectivity index (χ0) is 11.4. The van der Waals surface area contributed by atoms with Crippen LogP contribution in [0.25, 0.3) is 0 Å². The van der Waals surface area contributed by atoms with Crippen LogP contribution in [0.3, 0.4) is 0 Å². The molecular weight excluding hydrogens is 209 g/mol. The highest BCUT2D eigenvalue weighted by Gasteiger charge is 2.00. The third kappa shape index (κ3) is 2.47. The number of hydrogen-bond donors (Lipinski definition) is 3. The Morgan fingerprint density at radius 1 is 1.44 bits per heavy atom. The van der Waals surface area contributed by atoms with Gasteiger partial charge in [0.15, 0.2) is 0 Å². The summed E-state index contributed by atoms with van der Waals surface area (Å²) in [4.78, 5) is 3.99. The largest absolute Gasteiger partial charge is 0.397 e. The number of anilines is 2. The van der Waals surface area contributed by atoms with Gasteiger partial charge in [-0.25, -0.2) is 9.37 Å². The van der Waals surface area contributed by atoms with Crippen molar-refractivity contribution in [1.29, 1.82) is 0 Å². The van der Waals surface area contributed by atoms with Crippen LogP contribution in [0.2, 0.25) is 0 Å². The second-order valence-electron chi connectivity index (χ2n) is 3.34. The number of nitrogens with two attached hydrogens (primary N) is 1. The molecule has 5 nitrogen and oxygen atoms in total. The van der Waals surface area contributed by atoms with Gasteiger partial charge in [-0.15, -0.1) is 0 Å². The number of halogens is 1. The molecule has 0 bridgehead atoms. The van der Waals surface area contributed by atoms with E-state index in [1.165, 1.54) is 18.5 Å². The summed E-state index contributed by atoms with van der Waals surface area (Å²) in [6.45, 7) is 0.658. The zero-order valence-electron chi connectivity index (χ0n) is 8.57. The summed E-state index contributed by atoms with van der Waals surface area (Å²) in [5, 5.41) is 9.59. The van der Waals surface area contributed by atoms with Gasteiger partial charge in [0.25, 0.3) is 0 Å². The number of nitrogens with one attached hydrogen (secondary N) is 2. The van der Waals surface area contributed by atoms with E-state index >= 15 is 0 Å². The van der Waals surface area contributed by atoms with Gasteiger partial charge in [-0.05, 0) is 18.2 Å². The van der Waals surface area contributed by atoms with E-state index in [2.05, 4.69) is 20.5 Å². The van der Waals surface area contributed by atoms with E-state index in [1.54, 1.807) is 6.07 Å². The second kappa shape index (κ2) is 4.61. The molecule has 0 aliphatic rings. The van der Waals surface area contributed by atoms with Crippen LogP contribution in [-0.2, 0) is 6.42 Å². The molecule has 0 spiro atoms. The highest BCUT2D eigenvalue weighted by molar-refractivity contribution is 5.65. The van der Waals surface area contributed by atoms with Crippen LogP contribution in [0.1, 0.15) is 5.82 Å². The van der Waals surface area contributed by atoms with Crippen molar-refractivity contribution in [2.45, 2.75) is 6.42 Å². The van der Waals surface area contributed by atoms with E-state index in [4.69, 9.17) is 5.73 Å². The molecule has 1 aromatic carbocycles. The maximum Gasteiger partial charge on any atom is 0.137 e. The minimum atomic E-state index is -0.335. The molecule has 0 amide bonds. The fourth-order valence-corrected chi connectivity index (χ4v) is 1.36. The molecular formula is C10H12FN5. The Morgan fingerprint density at radius 3 is 3.00 bits per heavy atom. The molecule has 0 atom stereocenters. The van der Waals surface area contributed by atoms with Crippen LogP contribution in [0.4, 0.5) is 15.8 Å². The van der Waals surface area contributed by atoms with E-state index in [9.17, 15) is 4.39 Å². The molecule has 2 rings (SSSR count). The molecule has 0 aliphatic heterocycles. The zero-order valence-corrected chi connectivity index (χ0v) is 8.57. The Bertz CT molecular complexity index is 454. The van der Waals surface area contributed by atoms with Crippen LogP contribution in [0.5, 0.6) is 0 Å². The van der Waals surface area contributed by atoms with Gasteiger partial charge in [0.05, 0.1) is 11.4 Å². The predicted molar refractivity (Wildman–Crippen MR) is 59.4 cm³/mol. The molecule has 0 aliphatic carbocycles. The lowest BCUT2D eigenvalue weighted by Crippen LogP contribution is -2.07. The molecule has 4 N–H and O–H groups in total. The molecule has 1 heterocycles. The number of aromatic nitrogens is 3. The highest BCUT2D eigenvalue weighted by atomic mass is 19.1. The Labute approximate surface area is 91.9 Å². The highest BCUT2D eigenvalue weighted by Crippen LogP contribution is 2.18. The number of rotatable bonds is 4. The standard InChI is InChI=1S/C10H12FN5/c11-7-1-2-9(8(12)5-7)13-4-3-10-14-6-15-16-10/h1-2,5-6,13H,3-4,12H2,(H,14,15,16). The molecule has 0 saturated carbocycles. The van der Waals surface area contributed by atoms with Gasteiger partial charge in [-0.2, -0.15) is 5.10 Å². The molecule has 0 saturated heterocycles. The first-order chi connectivity index (χ1) is 7.75. The van der Waals surface area contributed by atoms with E-state index < -0.39 is 0 Å². The van der Waals surface area contributed by atoms with Crippen molar-refractivity contribution in [1.82, 2.24) is 15.2 Å². The van der Waals surface area contributed by atoms with Crippen molar-refractivity contribution in [2.75, 3.05) is 17.6 Å². The summed E-state index contributed by atoms with van der Waals surface area (Å²) >= 11 is 0. The number of aromatic amines is 1. The Hall–Kier alpha value is -2.11. The fraction of sp³-hybridized carbons (Fsp3) is 0.200. The van der Waals surface area contributed by atoms with Gasteiger partial charge in [0, 0.05) is 13.0 Å². The predicted octanol–water partition coefficient (Wildman–Crippen LogP) is 1.18. The third-order valence-electron chi connectivity index (χ3n) is 2.16. The molecule has 0 fully saturated rings. The van der Waals surface area contributed by atoms with Crippen LogP contribution in [0, 0.1) is 5.82 Å². The average Bonchev–Trinajstić information content (AvgIpc) is 2.74. The van der Waals surface area contributed by atoms with Crippen molar-refractivity contribution >= 4 is 11.4 Å². The minimum absolute atomic E-state index is 0.335.